The third-order valence-corrected chi connectivity index (χ3v) is 4.53. The zero-order chi connectivity index (χ0) is 19.8. The summed E-state index contributed by atoms with van der Waals surface area (Å²) in [6.07, 6.45) is 4.02. The Bertz CT molecular complexity index is 900. The summed E-state index contributed by atoms with van der Waals surface area (Å²) in [5.74, 6) is 0.512. The van der Waals surface area contributed by atoms with Crippen LogP contribution in [0.2, 0.25) is 0 Å². The molecule has 0 unspecified atom stereocenters. The van der Waals surface area contributed by atoms with Crippen LogP contribution >= 0.6 is 0 Å². The lowest BCUT2D eigenvalue weighted by Gasteiger charge is -2.11. The Balaban J connectivity index is 1.44. The summed E-state index contributed by atoms with van der Waals surface area (Å²) >= 11 is 0. The zero-order valence-electron chi connectivity index (χ0n) is 16.3. The van der Waals surface area contributed by atoms with Gasteiger partial charge in [-0.2, -0.15) is 5.10 Å². The van der Waals surface area contributed by atoms with Crippen LogP contribution in [0.5, 0.6) is 0 Å². The number of benzene rings is 2. The van der Waals surface area contributed by atoms with E-state index in [2.05, 4.69) is 39.1 Å². The number of hydrogen-bond acceptors (Lipinski definition) is 2. The van der Waals surface area contributed by atoms with Gasteiger partial charge in [0.15, 0.2) is 5.96 Å². The maximum absolute atomic E-state index is 13.0. The Morgan fingerprint density at radius 3 is 2.54 bits per heavy atom. The van der Waals surface area contributed by atoms with E-state index in [1.807, 2.05) is 29.8 Å². The van der Waals surface area contributed by atoms with Gasteiger partial charge in [-0.05, 0) is 55.2 Å². The van der Waals surface area contributed by atoms with Gasteiger partial charge in [-0.3, -0.25) is 4.99 Å². The Hall–Kier alpha value is -3.15. The molecule has 0 atom stereocenters. The number of rotatable bonds is 7. The van der Waals surface area contributed by atoms with Crippen LogP contribution in [0, 0.1) is 12.7 Å². The lowest BCUT2D eigenvalue weighted by molar-refractivity contribution is 0.626. The number of aliphatic imine (C=N–C) groups is 1. The molecular formula is C22H26FN5. The minimum absolute atomic E-state index is 0.225. The van der Waals surface area contributed by atoms with E-state index in [9.17, 15) is 4.39 Å². The fourth-order valence-electron chi connectivity index (χ4n) is 2.95. The maximum Gasteiger partial charge on any atom is 0.191 e. The molecule has 1 heterocycles. The predicted molar refractivity (Wildman–Crippen MR) is 111 cm³/mol. The number of para-hydroxylation sites is 1. The second kappa shape index (κ2) is 9.69. The number of guanidine groups is 1. The summed E-state index contributed by atoms with van der Waals surface area (Å²) in [7, 11) is 1.74. The summed E-state index contributed by atoms with van der Waals surface area (Å²) in [6, 6.07) is 16.6. The molecule has 1 aromatic heterocycles. The number of aromatic nitrogens is 2. The summed E-state index contributed by atoms with van der Waals surface area (Å²) in [6.45, 7) is 3.45. The molecule has 3 rings (SSSR count). The fraction of sp³-hybridized carbons (Fsp3) is 0.273. The van der Waals surface area contributed by atoms with Crippen molar-refractivity contribution in [3.63, 3.8) is 0 Å². The average molecular weight is 379 g/mol. The van der Waals surface area contributed by atoms with Gasteiger partial charge in [-0.15, -0.1) is 0 Å². The van der Waals surface area contributed by atoms with Crippen LogP contribution in [0.3, 0.4) is 0 Å². The molecule has 146 valence electrons. The van der Waals surface area contributed by atoms with Gasteiger partial charge in [0.1, 0.15) is 5.82 Å². The van der Waals surface area contributed by atoms with Crippen molar-refractivity contribution in [2.24, 2.45) is 4.99 Å². The Morgan fingerprint density at radius 2 is 1.82 bits per heavy atom. The van der Waals surface area contributed by atoms with Crippen LogP contribution in [0.1, 0.15) is 23.2 Å². The van der Waals surface area contributed by atoms with Gasteiger partial charge in [0, 0.05) is 26.3 Å². The molecule has 0 bridgehead atoms. The van der Waals surface area contributed by atoms with Crippen molar-refractivity contribution in [2.45, 2.75) is 26.3 Å². The van der Waals surface area contributed by atoms with Crippen molar-refractivity contribution in [3.8, 4) is 5.69 Å². The molecule has 5 nitrogen and oxygen atoms in total. The molecule has 2 aromatic carbocycles. The largest absolute Gasteiger partial charge is 0.356 e. The average Bonchev–Trinajstić information content (AvgIpc) is 3.10. The summed E-state index contributed by atoms with van der Waals surface area (Å²) < 4.78 is 14.9. The Morgan fingerprint density at radius 1 is 1.07 bits per heavy atom. The molecular weight excluding hydrogens is 353 g/mol. The van der Waals surface area contributed by atoms with Crippen LogP contribution in [-0.2, 0) is 13.0 Å². The number of halogens is 1. The molecule has 0 amide bonds. The van der Waals surface area contributed by atoms with Gasteiger partial charge >= 0.3 is 0 Å². The van der Waals surface area contributed by atoms with E-state index in [-0.39, 0.29) is 5.82 Å². The summed E-state index contributed by atoms with van der Waals surface area (Å²) in [4.78, 5) is 4.23. The van der Waals surface area contributed by atoms with E-state index in [4.69, 9.17) is 0 Å². The molecule has 3 aromatic rings. The molecule has 0 saturated heterocycles. The number of nitrogens with one attached hydrogen (secondary N) is 2. The van der Waals surface area contributed by atoms with Gasteiger partial charge in [0.2, 0.25) is 0 Å². The smallest absolute Gasteiger partial charge is 0.191 e. The van der Waals surface area contributed by atoms with Crippen molar-refractivity contribution in [1.29, 1.82) is 0 Å². The minimum Gasteiger partial charge on any atom is -0.356 e. The molecule has 0 aliphatic rings. The van der Waals surface area contributed by atoms with Crippen molar-refractivity contribution in [3.05, 3.63) is 83.4 Å². The predicted octanol–water partition coefficient (Wildman–Crippen LogP) is 3.62. The van der Waals surface area contributed by atoms with Crippen LogP contribution in [0.15, 0.2) is 65.8 Å². The molecule has 0 aliphatic heterocycles. The minimum atomic E-state index is -0.225. The number of nitrogens with zero attached hydrogens (tertiary/aromatic N) is 3. The first-order valence-electron chi connectivity index (χ1n) is 9.45. The van der Waals surface area contributed by atoms with Gasteiger partial charge in [0.25, 0.3) is 0 Å². The first kappa shape index (κ1) is 19.6. The quantitative estimate of drug-likeness (QED) is 0.375. The van der Waals surface area contributed by atoms with Crippen molar-refractivity contribution < 1.29 is 4.39 Å². The zero-order valence-corrected chi connectivity index (χ0v) is 16.3. The second-order valence-corrected chi connectivity index (χ2v) is 6.60. The van der Waals surface area contributed by atoms with E-state index in [0.717, 1.165) is 42.3 Å². The SMILES string of the molecule is CN=C(NCCCc1cn(-c2ccccc2)nc1C)NCc1ccc(F)cc1. The van der Waals surface area contributed by atoms with Crippen LogP contribution < -0.4 is 10.6 Å². The molecule has 0 saturated carbocycles. The molecule has 0 spiro atoms. The highest BCUT2D eigenvalue weighted by Crippen LogP contribution is 2.13. The number of hydrogen-bond donors (Lipinski definition) is 2. The first-order chi connectivity index (χ1) is 13.7. The Kier molecular flexibility index (Phi) is 6.78. The maximum atomic E-state index is 13.0. The van der Waals surface area contributed by atoms with E-state index in [1.165, 1.54) is 17.7 Å². The molecule has 0 radical (unpaired) electrons. The van der Waals surface area contributed by atoms with Crippen molar-refractivity contribution in [2.75, 3.05) is 13.6 Å². The van der Waals surface area contributed by atoms with Gasteiger partial charge in [0.05, 0.1) is 11.4 Å². The number of aryl methyl sites for hydroxylation is 2. The summed E-state index contributed by atoms with van der Waals surface area (Å²) in [5, 5.41) is 11.2. The van der Waals surface area contributed by atoms with Crippen molar-refractivity contribution in [1.82, 2.24) is 20.4 Å². The van der Waals surface area contributed by atoms with Crippen LogP contribution in [-0.4, -0.2) is 29.3 Å². The third-order valence-electron chi connectivity index (χ3n) is 4.53. The van der Waals surface area contributed by atoms with Crippen molar-refractivity contribution >= 4 is 5.96 Å². The topological polar surface area (TPSA) is 54.2 Å². The molecule has 28 heavy (non-hydrogen) atoms. The second-order valence-electron chi connectivity index (χ2n) is 6.60. The van der Waals surface area contributed by atoms with Gasteiger partial charge < -0.3 is 10.6 Å². The third kappa shape index (κ3) is 5.42. The summed E-state index contributed by atoms with van der Waals surface area (Å²) in [5.41, 5.74) is 4.39. The van der Waals surface area contributed by atoms with Crippen LogP contribution in [0.4, 0.5) is 4.39 Å². The standard InChI is InChI=1S/C22H26FN5/c1-17-19(16-28(27-17)21-8-4-3-5-9-21)7-6-14-25-22(24-2)26-15-18-10-12-20(23)13-11-18/h3-5,8-13,16H,6-7,14-15H2,1-2H3,(H2,24,25,26). The van der Waals surface area contributed by atoms with Gasteiger partial charge in [-0.25, -0.2) is 9.07 Å². The molecule has 0 aliphatic carbocycles. The molecule has 0 fully saturated rings. The van der Waals surface area contributed by atoms with E-state index >= 15 is 0 Å². The lowest BCUT2D eigenvalue weighted by atomic mass is 10.1. The normalized spacial score (nSPS) is 11.5. The van der Waals surface area contributed by atoms with E-state index in [1.54, 1.807) is 19.2 Å². The highest BCUT2D eigenvalue weighted by molar-refractivity contribution is 5.79. The lowest BCUT2D eigenvalue weighted by Crippen LogP contribution is -2.37. The highest BCUT2D eigenvalue weighted by Gasteiger charge is 2.06. The molecule has 6 heteroatoms. The molecule has 2 N–H and O–H groups in total. The van der Waals surface area contributed by atoms with Crippen LogP contribution in [0.25, 0.3) is 5.69 Å². The van der Waals surface area contributed by atoms with E-state index < -0.39 is 0 Å². The van der Waals surface area contributed by atoms with Gasteiger partial charge in [-0.1, -0.05) is 30.3 Å². The fourth-order valence-corrected chi connectivity index (χ4v) is 2.95. The first-order valence-corrected chi connectivity index (χ1v) is 9.45. The van der Waals surface area contributed by atoms with E-state index in [0.29, 0.717) is 6.54 Å². The Labute approximate surface area is 165 Å². The highest BCUT2D eigenvalue weighted by atomic mass is 19.1. The monoisotopic (exact) mass is 379 g/mol.